The van der Waals surface area contributed by atoms with Gasteiger partial charge in [0.1, 0.15) is 5.60 Å². The lowest BCUT2D eigenvalue weighted by atomic mass is 10.1. The van der Waals surface area contributed by atoms with Crippen LogP contribution in [0.25, 0.3) is 0 Å². The number of carbonyl (C=O) groups excluding carboxylic acids is 1. The third-order valence-electron chi connectivity index (χ3n) is 2.45. The fourth-order valence-electron chi connectivity index (χ4n) is 1.54. The van der Waals surface area contributed by atoms with Gasteiger partial charge >= 0.3 is 6.09 Å². The van der Waals surface area contributed by atoms with Gasteiger partial charge in [0.05, 0.1) is 10.7 Å². The minimum atomic E-state index is -3.18. The van der Waals surface area contributed by atoms with Gasteiger partial charge < -0.3 is 9.84 Å². The number of rotatable bonds is 4. The first kappa shape index (κ1) is 17.7. The second-order valence-corrected chi connectivity index (χ2v) is 5.91. The van der Waals surface area contributed by atoms with Crippen LogP contribution in [0.2, 0.25) is 5.02 Å². The van der Waals surface area contributed by atoms with Crippen LogP contribution in [0.5, 0.6) is 0 Å². The van der Waals surface area contributed by atoms with Crippen LogP contribution in [-0.4, -0.2) is 23.4 Å². The number of amides is 1. The summed E-state index contributed by atoms with van der Waals surface area (Å²) in [4.78, 5) is 11.6. The van der Waals surface area contributed by atoms with Crippen molar-refractivity contribution in [3.05, 3.63) is 28.8 Å². The molecule has 7 heteroatoms. The summed E-state index contributed by atoms with van der Waals surface area (Å²) in [6.07, 6.45) is -1.42. The second-order valence-electron chi connectivity index (χ2n) is 5.50. The van der Waals surface area contributed by atoms with Crippen LogP contribution in [0, 0.1) is 0 Å². The summed E-state index contributed by atoms with van der Waals surface area (Å²) < 4.78 is 32.3. The van der Waals surface area contributed by atoms with Gasteiger partial charge in [-0.05, 0) is 32.9 Å². The predicted octanol–water partition coefficient (Wildman–Crippen LogP) is 4.16. The molecule has 21 heavy (non-hydrogen) atoms. The van der Waals surface area contributed by atoms with Gasteiger partial charge in [0, 0.05) is 18.6 Å². The van der Waals surface area contributed by atoms with Gasteiger partial charge in [0.25, 0.3) is 5.92 Å². The van der Waals surface area contributed by atoms with E-state index in [-0.39, 0.29) is 16.3 Å². The molecule has 0 spiro atoms. The quantitative estimate of drug-likeness (QED) is 0.875. The Labute approximate surface area is 127 Å². The maximum Gasteiger partial charge on any atom is 0.412 e. The molecule has 4 nitrogen and oxygen atoms in total. The number of carbonyl (C=O) groups is 1. The third kappa shape index (κ3) is 5.47. The Morgan fingerprint density at radius 1 is 1.38 bits per heavy atom. The summed E-state index contributed by atoms with van der Waals surface area (Å²) >= 11 is 5.88. The Morgan fingerprint density at radius 2 is 2.00 bits per heavy atom. The number of nitrogens with one attached hydrogen (secondary N) is 1. The molecular weight excluding hydrogens is 304 g/mol. The molecule has 118 valence electrons. The summed E-state index contributed by atoms with van der Waals surface area (Å²) in [7, 11) is 0. The molecule has 0 heterocycles. The van der Waals surface area contributed by atoms with Gasteiger partial charge in [-0.2, -0.15) is 0 Å². The van der Waals surface area contributed by atoms with Crippen LogP contribution in [0.15, 0.2) is 18.2 Å². The topological polar surface area (TPSA) is 58.6 Å². The van der Waals surface area contributed by atoms with E-state index in [0.29, 0.717) is 0 Å². The number of hydrogen-bond donors (Lipinski definition) is 2. The first-order valence-electron chi connectivity index (χ1n) is 6.34. The monoisotopic (exact) mass is 321 g/mol. The Balaban J connectivity index is 2.86. The summed E-state index contributed by atoms with van der Waals surface area (Å²) in [5.41, 5.74) is -0.823. The zero-order valence-corrected chi connectivity index (χ0v) is 12.8. The van der Waals surface area contributed by atoms with Gasteiger partial charge in [-0.3, -0.25) is 5.32 Å². The molecule has 1 amide bonds. The van der Waals surface area contributed by atoms with E-state index in [2.05, 4.69) is 5.32 Å². The maximum atomic E-state index is 13.6. The number of halogens is 3. The molecule has 0 aliphatic rings. The van der Waals surface area contributed by atoms with Crippen molar-refractivity contribution >= 4 is 23.4 Å². The van der Waals surface area contributed by atoms with E-state index in [0.717, 1.165) is 12.1 Å². The van der Waals surface area contributed by atoms with Crippen LogP contribution in [0.3, 0.4) is 0 Å². The largest absolute Gasteiger partial charge is 0.444 e. The Kier molecular flexibility index (Phi) is 5.53. The first-order chi connectivity index (χ1) is 9.55. The molecule has 1 aromatic rings. The molecule has 0 aliphatic heterocycles. The molecule has 0 atom stereocenters. The molecule has 0 fully saturated rings. The van der Waals surface area contributed by atoms with Crippen molar-refractivity contribution in [3.8, 4) is 0 Å². The smallest absolute Gasteiger partial charge is 0.412 e. The minimum Gasteiger partial charge on any atom is -0.444 e. The first-order valence-corrected chi connectivity index (χ1v) is 6.72. The summed E-state index contributed by atoms with van der Waals surface area (Å²) in [6.45, 7) is 4.47. The van der Waals surface area contributed by atoms with Gasteiger partial charge in [-0.25, -0.2) is 13.6 Å². The van der Waals surface area contributed by atoms with Crippen LogP contribution in [0.4, 0.5) is 19.3 Å². The van der Waals surface area contributed by atoms with Crippen LogP contribution in [-0.2, 0) is 10.7 Å². The Hall–Kier alpha value is -1.40. The van der Waals surface area contributed by atoms with Gasteiger partial charge in [0.2, 0.25) is 0 Å². The summed E-state index contributed by atoms with van der Waals surface area (Å²) in [5, 5.41) is 11.0. The zero-order valence-electron chi connectivity index (χ0n) is 12.0. The number of anilines is 1. The summed E-state index contributed by atoms with van der Waals surface area (Å²) in [6, 6.07) is 3.48. The van der Waals surface area contributed by atoms with Crippen LogP contribution in [0.1, 0.15) is 32.8 Å². The maximum absolute atomic E-state index is 13.6. The van der Waals surface area contributed by atoms with Gasteiger partial charge in [-0.1, -0.05) is 17.7 Å². The molecule has 0 bridgehead atoms. The SMILES string of the molecule is CC(C)(C)OC(=O)Nc1ccc(C(F)(F)CCO)cc1Cl. The number of aliphatic hydroxyl groups excluding tert-OH is 1. The van der Waals surface area contributed by atoms with E-state index in [1.165, 1.54) is 6.07 Å². The molecule has 1 rings (SSSR count). The third-order valence-corrected chi connectivity index (χ3v) is 2.77. The van der Waals surface area contributed by atoms with E-state index < -0.39 is 30.6 Å². The molecule has 0 saturated heterocycles. The zero-order chi connectivity index (χ0) is 16.3. The van der Waals surface area contributed by atoms with Crippen molar-refractivity contribution in [2.75, 3.05) is 11.9 Å². The van der Waals surface area contributed by atoms with Gasteiger partial charge in [-0.15, -0.1) is 0 Å². The lowest BCUT2D eigenvalue weighted by Crippen LogP contribution is -2.27. The van der Waals surface area contributed by atoms with E-state index in [1.807, 2.05) is 0 Å². The van der Waals surface area contributed by atoms with Crippen molar-refractivity contribution in [1.82, 2.24) is 0 Å². The molecule has 0 unspecified atom stereocenters. The van der Waals surface area contributed by atoms with Crippen molar-refractivity contribution in [2.45, 2.75) is 38.7 Å². The molecule has 0 aromatic heterocycles. The fourth-order valence-corrected chi connectivity index (χ4v) is 1.77. The van der Waals surface area contributed by atoms with E-state index >= 15 is 0 Å². The number of benzene rings is 1. The highest BCUT2D eigenvalue weighted by atomic mass is 35.5. The fraction of sp³-hybridized carbons (Fsp3) is 0.500. The Morgan fingerprint density at radius 3 is 2.48 bits per heavy atom. The average molecular weight is 322 g/mol. The van der Waals surface area contributed by atoms with E-state index in [9.17, 15) is 13.6 Å². The molecule has 1 aromatic carbocycles. The van der Waals surface area contributed by atoms with Crippen LogP contribution >= 0.6 is 11.6 Å². The normalized spacial score (nSPS) is 12.1. The highest BCUT2D eigenvalue weighted by Crippen LogP contribution is 2.35. The highest BCUT2D eigenvalue weighted by Gasteiger charge is 2.31. The van der Waals surface area contributed by atoms with Crippen molar-refractivity contribution in [3.63, 3.8) is 0 Å². The number of hydrogen-bond acceptors (Lipinski definition) is 3. The Bertz CT molecular complexity index is 515. The molecular formula is C14H18ClF2NO3. The summed E-state index contributed by atoms with van der Waals surface area (Å²) in [5.74, 6) is -3.18. The number of aliphatic hydroxyl groups is 1. The molecule has 0 aliphatic carbocycles. The van der Waals surface area contributed by atoms with Gasteiger partial charge in [0.15, 0.2) is 0 Å². The lowest BCUT2D eigenvalue weighted by Gasteiger charge is -2.20. The minimum absolute atomic E-state index is 0.0315. The molecule has 2 N–H and O–H groups in total. The number of ether oxygens (including phenoxy) is 1. The van der Waals surface area contributed by atoms with E-state index in [4.69, 9.17) is 21.4 Å². The van der Waals surface area contributed by atoms with Crippen LogP contribution < -0.4 is 5.32 Å². The molecule has 0 radical (unpaired) electrons. The lowest BCUT2D eigenvalue weighted by molar-refractivity contribution is -0.0269. The second kappa shape index (κ2) is 6.58. The predicted molar refractivity (Wildman–Crippen MR) is 76.9 cm³/mol. The highest BCUT2D eigenvalue weighted by molar-refractivity contribution is 6.33. The number of alkyl halides is 2. The average Bonchev–Trinajstić information content (AvgIpc) is 2.29. The standard InChI is InChI=1S/C14H18ClF2NO3/c1-13(2,3)21-12(20)18-11-5-4-9(8-10(11)15)14(16,17)6-7-19/h4-5,8,19H,6-7H2,1-3H3,(H,18,20). The van der Waals surface area contributed by atoms with Crippen molar-refractivity contribution in [1.29, 1.82) is 0 Å². The van der Waals surface area contributed by atoms with Crippen molar-refractivity contribution < 1.29 is 23.4 Å². The van der Waals surface area contributed by atoms with Crippen molar-refractivity contribution in [2.24, 2.45) is 0 Å². The molecule has 0 saturated carbocycles. The van der Waals surface area contributed by atoms with E-state index in [1.54, 1.807) is 20.8 Å².